The Balaban J connectivity index is 2.14. The molecule has 0 radical (unpaired) electrons. The predicted molar refractivity (Wildman–Crippen MR) is 75.2 cm³/mol. The van der Waals surface area contributed by atoms with Gasteiger partial charge in [-0.1, -0.05) is 6.92 Å². The van der Waals surface area contributed by atoms with E-state index in [1.807, 2.05) is 19.9 Å². The van der Waals surface area contributed by atoms with Gasteiger partial charge in [-0.25, -0.2) is 15.0 Å². The largest absolute Gasteiger partial charge is 0.370 e. The van der Waals surface area contributed by atoms with Gasteiger partial charge in [0.05, 0.1) is 17.1 Å². The van der Waals surface area contributed by atoms with Crippen LogP contribution in [0.25, 0.3) is 0 Å². The molecule has 0 atom stereocenters. The second kappa shape index (κ2) is 5.91. The van der Waals surface area contributed by atoms with E-state index in [-0.39, 0.29) is 0 Å². The van der Waals surface area contributed by atoms with Crippen molar-refractivity contribution in [3.8, 4) is 0 Å². The first-order chi connectivity index (χ1) is 8.67. The van der Waals surface area contributed by atoms with Crippen LogP contribution in [0.15, 0.2) is 11.4 Å². The Kier molecular flexibility index (Phi) is 4.25. The molecule has 2 aromatic heterocycles. The minimum absolute atomic E-state index is 0.701. The van der Waals surface area contributed by atoms with Gasteiger partial charge in [-0.05, 0) is 20.3 Å². The fraction of sp³-hybridized carbons (Fsp3) is 0.462. The van der Waals surface area contributed by atoms with Gasteiger partial charge in [0.1, 0.15) is 11.6 Å². The lowest BCUT2D eigenvalue weighted by Crippen LogP contribution is -2.06. The Morgan fingerprint density at radius 3 is 2.72 bits per heavy atom. The summed E-state index contributed by atoms with van der Waals surface area (Å²) in [5, 5.41) is 6.45. The minimum Gasteiger partial charge on any atom is -0.370 e. The van der Waals surface area contributed by atoms with Crippen molar-refractivity contribution < 1.29 is 0 Å². The van der Waals surface area contributed by atoms with Crippen LogP contribution < -0.4 is 5.32 Å². The predicted octanol–water partition coefficient (Wildman–Crippen LogP) is 2.96. The van der Waals surface area contributed by atoms with Crippen molar-refractivity contribution in [3.05, 3.63) is 33.7 Å². The molecule has 0 bridgehead atoms. The van der Waals surface area contributed by atoms with Gasteiger partial charge in [0.15, 0.2) is 0 Å². The van der Waals surface area contributed by atoms with Gasteiger partial charge in [-0.15, -0.1) is 11.3 Å². The lowest BCUT2D eigenvalue weighted by Gasteiger charge is -2.06. The average Bonchev–Trinajstić information content (AvgIpc) is 2.71. The summed E-state index contributed by atoms with van der Waals surface area (Å²) in [4.78, 5) is 13.4. The van der Waals surface area contributed by atoms with Gasteiger partial charge < -0.3 is 5.32 Å². The van der Waals surface area contributed by atoms with E-state index in [2.05, 4.69) is 32.6 Å². The van der Waals surface area contributed by atoms with E-state index in [9.17, 15) is 0 Å². The first-order valence-corrected chi connectivity index (χ1v) is 7.04. The molecule has 0 saturated carbocycles. The molecule has 18 heavy (non-hydrogen) atoms. The van der Waals surface area contributed by atoms with Gasteiger partial charge in [0.25, 0.3) is 0 Å². The lowest BCUT2D eigenvalue weighted by molar-refractivity contribution is 0.904. The van der Waals surface area contributed by atoms with E-state index in [0.717, 1.165) is 41.0 Å². The lowest BCUT2D eigenvalue weighted by atomic mass is 10.3. The molecule has 0 unspecified atom stereocenters. The SMILES string of the molecule is CCCNc1cc(C)nc(Cc2csc(C)n2)n1. The summed E-state index contributed by atoms with van der Waals surface area (Å²) in [6.07, 6.45) is 1.79. The quantitative estimate of drug-likeness (QED) is 0.900. The molecule has 96 valence electrons. The Morgan fingerprint density at radius 1 is 1.22 bits per heavy atom. The van der Waals surface area contributed by atoms with Crippen molar-refractivity contribution in [2.45, 2.75) is 33.6 Å². The normalized spacial score (nSPS) is 10.6. The molecule has 0 aliphatic carbocycles. The van der Waals surface area contributed by atoms with Crippen molar-refractivity contribution in [2.75, 3.05) is 11.9 Å². The summed E-state index contributed by atoms with van der Waals surface area (Å²) in [6.45, 7) is 7.08. The summed E-state index contributed by atoms with van der Waals surface area (Å²) < 4.78 is 0. The number of aromatic nitrogens is 3. The van der Waals surface area contributed by atoms with Crippen LogP contribution >= 0.6 is 11.3 Å². The van der Waals surface area contributed by atoms with Crippen molar-refractivity contribution in [1.82, 2.24) is 15.0 Å². The molecule has 0 aliphatic heterocycles. The van der Waals surface area contributed by atoms with Crippen molar-refractivity contribution in [3.63, 3.8) is 0 Å². The minimum atomic E-state index is 0.701. The summed E-state index contributed by atoms with van der Waals surface area (Å²) in [7, 11) is 0. The van der Waals surface area contributed by atoms with E-state index in [1.54, 1.807) is 11.3 Å². The van der Waals surface area contributed by atoms with Crippen LogP contribution in [0, 0.1) is 13.8 Å². The van der Waals surface area contributed by atoms with Gasteiger partial charge in [-0.2, -0.15) is 0 Å². The molecule has 0 amide bonds. The molecule has 0 aromatic carbocycles. The number of hydrogen-bond acceptors (Lipinski definition) is 5. The molecule has 4 nitrogen and oxygen atoms in total. The first-order valence-electron chi connectivity index (χ1n) is 6.17. The Morgan fingerprint density at radius 2 is 2.06 bits per heavy atom. The maximum absolute atomic E-state index is 4.52. The number of anilines is 1. The summed E-state index contributed by atoms with van der Waals surface area (Å²) in [5.74, 6) is 1.74. The summed E-state index contributed by atoms with van der Waals surface area (Å²) in [6, 6.07) is 1.98. The number of nitrogens with one attached hydrogen (secondary N) is 1. The third kappa shape index (κ3) is 3.50. The number of aryl methyl sites for hydroxylation is 2. The molecule has 0 saturated heterocycles. The molecule has 5 heteroatoms. The van der Waals surface area contributed by atoms with Crippen LogP contribution in [0.2, 0.25) is 0 Å². The zero-order chi connectivity index (χ0) is 13.0. The number of thiazole rings is 1. The van der Waals surface area contributed by atoms with Gasteiger partial charge in [-0.3, -0.25) is 0 Å². The van der Waals surface area contributed by atoms with E-state index >= 15 is 0 Å². The average molecular weight is 262 g/mol. The summed E-state index contributed by atoms with van der Waals surface area (Å²) >= 11 is 1.66. The molecule has 0 aliphatic rings. The van der Waals surface area contributed by atoms with Gasteiger partial charge in [0.2, 0.25) is 0 Å². The topological polar surface area (TPSA) is 50.7 Å². The Bertz CT molecular complexity index is 521. The third-order valence-corrected chi connectivity index (χ3v) is 3.28. The van der Waals surface area contributed by atoms with E-state index in [4.69, 9.17) is 0 Å². The molecular formula is C13H18N4S. The highest BCUT2D eigenvalue weighted by Gasteiger charge is 2.05. The van der Waals surface area contributed by atoms with Crippen LogP contribution in [0.5, 0.6) is 0 Å². The molecular weight excluding hydrogens is 244 g/mol. The maximum Gasteiger partial charge on any atom is 0.136 e. The molecule has 0 fully saturated rings. The maximum atomic E-state index is 4.52. The Hall–Kier alpha value is -1.49. The highest BCUT2D eigenvalue weighted by Crippen LogP contribution is 2.13. The fourth-order valence-electron chi connectivity index (χ4n) is 1.70. The van der Waals surface area contributed by atoms with Crippen molar-refractivity contribution in [1.29, 1.82) is 0 Å². The highest BCUT2D eigenvalue weighted by molar-refractivity contribution is 7.09. The van der Waals surface area contributed by atoms with Crippen molar-refractivity contribution >= 4 is 17.2 Å². The second-order valence-corrected chi connectivity index (χ2v) is 5.33. The van der Waals surface area contributed by atoms with Crippen LogP contribution in [-0.4, -0.2) is 21.5 Å². The Labute approximate surface area is 112 Å². The number of rotatable bonds is 5. The third-order valence-electron chi connectivity index (χ3n) is 2.46. The zero-order valence-electron chi connectivity index (χ0n) is 11.0. The van der Waals surface area contributed by atoms with Gasteiger partial charge in [0, 0.05) is 23.7 Å². The zero-order valence-corrected chi connectivity index (χ0v) is 11.8. The second-order valence-electron chi connectivity index (χ2n) is 4.27. The van der Waals surface area contributed by atoms with Crippen LogP contribution in [0.4, 0.5) is 5.82 Å². The molecule has 2 rings (SSSR count). The number of hydrogen-bond donors (Lipinski definition) is 1. The van der Waals surface area contributed by atoms with Crippen LogP contribution in [0.3, 0.4) is 0 Å². The molecule has 0 spiro atoms. The van der Waals surface area contributed by atoms with Crippen LogP contribution in [-0.2, 0) is 6.42 Å². The molecule has 2 aromatic rings. The van der Waals surface area contributed by atoms with E-state index in [0.29, 0.717) is 6.42 Å². The van der Waals surface area contributed by atoms with E-state index < -0.39 is 0 Å². The van der Waals surface area contributed by atoms with Gasteiger partial charge >= 0.3 is 0 Å². The standard InChI is InChI=1S/C13H18N4S/c1-4-5-14-12-6-9(2)15-13(17-12)7-11-8-18-10(3)16-11/h6,8H,4-5,7H2,1-3H3,(H,14,15,17). The van der Waals surface area contributed by atoms with E-state index in [1.165, 1.54) is 0 Å². The van der Waals surface area contributed by atoms with Crippen molar-refractivity contribution in [2.24, 2.45) is 0 Å². The highest BCUT2D eigenvalue weighted by atomic mass is 32.1. The molecule has 1 N–H and O–H groups in total. The summed E-state index contributed by atoms with van der Waals surface area (Å²) in [5.41, 5.74) is 2.04. The first kappa shape index (κ1) is 13.0. The fourth-order valence-corrected chi connectivity index (χ4v) is 2.32. The van der Waals surface area contributed by atoms with Crippen LogP contribution in [0.1, 0.15) is 35.6 Å². The smallest absolute Gasteiger partial charge is 0.136 e. The molecule has 2 heterocycles. The number of nitrogens with zero attached hydrogens (tertiary/aromatic N) is 3. The monoisotopic (exact) mass is 262 g/mol.